The molecule has 0 unspecified atom stereocenters. The van der Waals surface area contributed by atoms with E-state index >= 15 is 0 Å². The predicted octanol–water partition coefficient (Wildman–Crippen LogP) is 0.333. The molecule has 3 heteroatoms. The smallest absolute Gasteiger partial charge is 0.138 e. The standard InChI is InChI=1S/C4H5BN2/c5-4-2-1-3-6-7-4/h3H,1-2H2. The average Bonchev–Trinajstić information content (AvgIpc) is 1.69. The summed E-state index contributed by atoms with van der Waals surface area (Å²) in [5.74, 6) is 0. The Labute approximate surface area is 43.7 Å². The highest BCUT2D eigenvalue weighted by atomic mass is 15.2. The van der Waals surface area contributed by atoms with Crippen LogP contribution < -0.4 is 0 Å². The van der Waals surface area contributed by atoms with Crippen molar-refractivity contribution in [3.8, 4) is 0 Å². The van der Waals surface area contributed by atoms with E-state index in [-0.39, 0.29) is 0 Å². The highest BCUT2D eigenvalue weighted by molar-refractivity contribution is 6.59. The van der Waals surface area contributed by atoms with Gasteiger partial charge in [0.25, 0.3) is 0 Å². The fraction of sp³-hybridized carbons (Fsp3) is 0.500. The van der Waals surface area contributed by atoms with Gasteiger partial charge >= 0.3 is 0 Å². The van der Waals surface area contributed by atoms with Crippen molar-refractivity contribution < 1.29 is 0 Å². The van der Waals surface area contributed by atoms with E-state index in [1.807, 2.05) is 0 Å². The Morgan fingerprint density at radius 1 is 1.71 bits per heavy atom. The molecule has 1 aliphatic heterocycles. The van der Waals surface area contributed by atoms with Gasteiger partial charge in [-0.1, -0.05) is 0 Å². The van der Waals surface area contributed by atoms with Gasteiger partial charge in [-0.25, -0.2) is 0 Å². The largest absolute Gasteiger partial charge is 0.172 e. The minimum Gasteiger partial charge on any atom is -0.172 e. The molecule has 0 aliphatic carbocycles. The van der Waals surface area contributed by atoms with Crippen molar-refractivity contribution in [2.75, 3.05) is 0 Å². The molecule has 0 fully saturated rings. The van der Waals surface area contributed by atoms with Crippen LogP contribution in [-0.4, -0.2) is 19.7 Å². The highest BCUT2D eigenvalue weighted by Crippen LogP contribution is 1.93. The molecule has 0 aromatic heterocycles. The zero-order valence-electron chi connectivity index (χ0n) is 3.96. The van der Waals surface area contributed by atoms with Gasteiger partial charge in [0.15, 0.2) is 0 Å². The fourth-order valence-corrected chi connectivity index (χ4v) is 0.435. The summed E-state index contributed by atoms with van der Waals surface area (Å²) < 4.78 is 0. The van der Waals surface area contributed by atoms with Crippen molar-refractivity contribution >= 4 is 19.7 Å². The maximum absolute atomic E-state index is 5.27. The highest BCUT2D eigenvalue weighted by Gasteiger charge is 1.91. The van der Waals surface area contributed by atoms with Gasteiger partial charge in [-0.15, -0.1) is 0 Å². The zero-order valence-corrected chi connectivity index (χ0v) is 3.96. The molecule has 0 saturated heterocycles. The minimum atomic E-state index is 0.641. The van der Waals surface area contributed by atoms with Crippen LogP contribution in [0.1, 0.15) is 12.8 Å². The van der Waals surface area contributed by atoms with Crippen LogP contribution in [0, 0.1) is 0 Å². The molecule has 0 aromatic carbocycles. The molecular weight excluding hydrogens is 86.9 g/mol. The van der Waals surface area contributed by atoms with Crippen LogP contribution in [0.5, 0.6) is 0 Å². The lowest BCUT2D eigenvalue weighted by Crippen LogP contribution is -1.99. The molecule has 2 nitrogen and oxygen atoms in total. The number of hydrogen-bond acceptors (Lipinski definition) is 2. The third-order valence-corrected chi connectivity index (χ3v) is 0.797. The molecule has 1 aliphatic rings. The quantitative estimate of drug-likeness (QED) is 0.384. The van der Waals surface area contributed by atoms with Crippen LogP contribution in [0.4, 0.5) is 0 Å². The van der Waals surface area contributed by atoms with Crippen LogP contribution in [-0.2, 0) is 0 Å². The van der Waals surface area contributed by atoms with Gasteiger partial charge in [-0.2, -0.15) is 10.2 Å². The van der Waals surface area contributed by atoms with Gasteiger partial charge in [-0.05, 0) is 18.5 Å². The molecule has 0 N–H and O–H groups in total. The van der Waals surface area contributed by atoms with Crippen molar-refractivity contribution in [1.82, 2.24) is 0 Å². The van der Waals surface area contributed by atoms with E-state index in [0.29, 0.717) is 5.61 Å². The number of nitrogens with zero attached hydrogens (tertiary/aromatic N) is 2. The lowest BCUT2D eigenvalue weighted by Gasteiger charge is -1.96. The van der Waals surface area contributed by atoms with E-state index in [1.165, 1.54) is 0 Å². The van der Waals surface area contributed by atoms with E-state index in [9.17, 15) is 0 Å². The van der Waals surface area contributed by atoms with Crippen molar-refractivity contribution in [2.45, 2.75) is 12.8 Å². The summed E-state index contributed by atoms with van der Waals surface area (Å²) in [6.07, 6.45) is 3.56. The second-order valence-electron chi connectivity index (χ2n) is 1.43. The Balaban J connectivity index is 2.57. The van der Waals surface area contributed by atoms with E-state index < -0.39 is 0 Å². The van der Waals surface area contributed by atoms with E-state index in [4.69, 9.17) is 7.85 Å². The van der Waals surface area contributed by atoms with Crippen LogP contribution in [0.3, 0.4) is 0 Å². The van der Waals surface area contributed by atoms with Gasteiger partial charge < -0.3 is 0 Å². The summed E-state index contributed by atoms with van der Waals surface area (Å²) in [4.78, 5) is 0. The summed E-state index contributed by atoms with van der Waals surface area (Å²) in [6.45, 7) is 0. The van der Waals surface area contributed by atoms with Gasteiger partial charge in [-0.3, -0.25) is 0 Å². The molecule has 1 heterocycles. The first-order valence-corrected chi connectivity index (χ1v) is 2.23. The Morgan fingerprint density at radius 3 is 2.86 bits per heavy atom. The Bertz CT molecular complexity index is 117. The molecule has 1 rings (SSSR count). The average molecular weight is 91.9 g/mol. The lowest BCUT2D eigenvalue weighted by molar-refractivity contribution is 1.08. The third-order valence-electron chi connectivity index (χ3n) is 0.797. The van der Waals surface area contributed by atoms with Crippen molar-refractivity contribution in [2.24, 2.45) is 10.2 Å². The van der Waals surface area contributed by atoms with Crippen LogP contribution in [0.25, 0.3) is 0 Å². The molecule has 0 saturated carbocycles. The normalized spacial score (nSPS) is 19.1. The van der Waals surface area contributed by atoms with Gasteiger partial charge in [0.2, 0.25) is 0 Å². The monoisotopic (exact) mass is 92.1 g/mol. The maximum atomic E-state index is 5.27. The van der Waals surface area contributed by atoms with Crippen molar-refractivity contribution in [3.05, 3.63) is 0 Å². The van der Waals surface area contributed by atoms with E-state index in [1.54, 1.807) is 6.21 Å². The Hall–Kier alpha value is -0.595. The topological polar surface area (TPSA) is 24.7 Å². The molecule has 7 heavy (non-hydrogen) atoms. The summed E-state index contributed by atoms with van der Waals surface area (Å²) in [5.41, 5.74) is 0.641. The van der Waals surface area contributed by atoms with Crippen molar-refractivity contribution in [1.29, 1.82) is 0 Å². The molecule has 0 aromatic rings. The Kier molecular flexibility index (Phi) is 1.25. The third kappa shape index (κ3) is 1.14. The Morgan fingerprint density at radius 2 is 2.57 bits per heavy atom. The summed E-state index contributed by atoms with van der Waals surface area (Å²) in [5, 5.41) is 7.19. The summed E-state index contributed by atoms with van der Waals surface area (Å²) in [7, 11) is 5.27. The second kappa shape index (κ2) is 1.91. The molecule has 0 spiro atoms. The fourth-order valence-electron chi connectivity index (χ4n) is 0.435. The van der Waals surface area contributed by atoms with Crippen molar-refractivity contribution in [3.63, 3.8) is 0 Å². The van der Waals surface area contributed by atoms with E-state index in [0.717, 1.165) is 12.8 Å². The predicted molar refractivity (Wildman–Crippen MR) is 30.9 cm³/mol. The van der Waals surface area contributed by atoms with Gasteiger partial charge in [0.1, 0.15) is 7.85 Å². The van der Waals surface area contributed by atoms with Crippen LogP contribution in [0.15, 0.2) is 10.2 Å². The molecule has 2 radical (unpaired) electrons. The van der Waals surface area contributed by atoms with Crippen LogP contribution >= 0.6 is 0 Å². The van der Waals surface area contributed by atoms with E-state index in [2.05, 4.69) is 10.2 Å². The maximum Gasteiger partial charge on any atom is 0.138 e. The molecule has 0 bridgehead atoms. The molecular formula is C4H5BN2. The first kappa shape index (κ1) is 4.56. The number of rotatable bonds is 0. The second-order valence-corrected chi connectivity index (χ2v) is 1.43. The summed E-state index contributed by atoms with van der Waals surface area (Å²) in [6, 6.07) is 0. The first-order valence-electron chi connectivity index (χ1n) is 2.23. The van der Waals surface area contributed by atoms with Crippen LogP contribution in [0.2, 0.25) is 0 Å². The first-order chi connectivity index (χ1) is 3.39. The molecule has 34 valence electrons. The summed E-state index contributed by atoms with van der Waals surface area (Å²) >= 11 is 0. The lowest BCUT2D eigenvalue weighted by atomic mass is 9.96. The SMILES string of the molecule is [B]C1=NN=CCC1. The molecule has 0 atom stereocenters. The molecule has 0 amide bonds. The number of hydrogen-bond donors (Lipinski definition) is 0. The zero-order chi connectivity index (χ0) is 5.11. The minimum absolute atomic E-state index is 0.641. The van der Waals surface area contributed by atoms with Gasteiger partial charge in [0.05, 0.1) is 0 Å². The van der Waals surface area contributed by atoms with Gasteiger partial charge in [0, 0.05) is 6.21 Å².